The zero-order valence-corrected chi connectivity index (χ0v) is 13.1. The van der Waals surface area contributed by atoms with Gasteiger partial charge in [0.15, 0.2) is 5.75 Å². The predicted octanol–water partition coefficient (Wildman–Crippen LogP) is 2.65. The van der Waals surface area contributed by atoms with Gasteiger partial charge in [-0.25, -0.2) is 4.39 Å². The van der Waals surface area contributed by atoms with Crippen LogP contribution in [0.3, 0.4) is 0 Å². The summed E-state index contributed by atoms with van der Waals surface area (Å²) in [5.74, 6) is -1.27. The lowest BCUT2D eigenvalue weighted by molar-refractivity contribution is -0.385. The number of nitro groups is 1. The number of morpholine rings is 1. The third-order valence-corrected chi connectivity index (χ3v) is 4.01. The molecule has 1 unspecified atom stereocenters. The summed E-state index contributed by atoms with van der Waals surface area (Å²) in [6, 6.07) is 9.35. The van der Waals surface area contributed by atoms with Gasteiger partial charge in [0.05, 0.1) is 18.1 Å². The maximum Gasteiger partial charge on any atom is 0.310 e. The molecule has 130 valence electrons. The van der Waals surface area contributed by atoms with E-state index in [2.05, 4.69) is 0 Å². The zero-order chi connectivity index (χ0) is 18.0. The number of carbonyl (C=O) groups excluding carboxylic acids is 1. The van der Waals surface area contributed by atoms with Crippen molar-refractivity contribution in [1.29, 1.82) is 0 Å². The van der Waals surface area contributed by atoms with Crippen molar-refractivity contribution < 1.29 is 24.0 Å². The number of nitro benzene ring substituents is 1. The molecule has 1 saturated heterocycles. The van der Waals surface area contributed by atoms with Gasteiger partial charge < -0.3 is 14.7 Å². The molecule has 0 bridgehead atoms. The highest BCUT2D eigenvalue weighted by atomic mass is 19.1. The van der Waals surface area contributed by atoms with Crippen molar-refractivity contribution in [2.24, 2.45) is 0 Å². The van der Waals surface area contributed by atoms with Gasteiger partial charge in [-0.2, -0.15) is 0 Å². The number of hydrogen-bond donors (Lipinski definition) is 1. The molecule has 1 N–H and O–H groups in total. The summed E-state index contributed by atoms with van der Waals surface area (Å²) in [5.41, 5.74) is 0.455. The molecule has 8 heteroatoms. The number of amides is 1. The van der Waals surface area contributed by atoms with E-state index < -0.39 is 16.4 Å². The van der Waals surface area contributed by atoms with Crippen LogP contribution in [0.25, 0.3) is 0 Å². The maximum absolute atomic E-state index is 13.0. The van der Waals surface area contributed by atoms with Gasteiger partial charge in [-0.05, 0) is 29.8 Å². The third kappa shape index (κ3) is 3.58. The Hall–Kier alpha value is -3.00. The minimum absolute atomic E-state index is 0.155. The highest BCUT2D eigenvalue weighted by Crippen LogP contribution is 2.28. The number of benzene rings is 2. The molecular weight excluding hydrogens is 331 g/mol. The molecule has 1 heterocycles. The Bertz CT molecular complexity index is 809. The fourth-order valence-electron chi connectivity index (χ4n) is 2.71. The quantitative estimate of drug-likeness (QED) is 0.681. The van der Waals surface area contributed by atoms with Crippen molar-refractivity contribution in [1.82, 2.24) is 4.90 Å². The number of rotatable bonds is 3. The summed E-state index contributed by atoms with van der Waals surface area (Å²) in [6.07, 6.45) is -0.384. The second-order valence-electron chi connectivity index (χ2n) is 5.62. The van der Waals surface area contributed by atoms with Gasteiger partial charge in [0.2, 0.25) is 0 Å². The Balaban J connectivity index is 1.77. The van der Waals surface area contributed by atoms with E-state index in [1.807, 2.05) is 0 Å². The molecule has 1 aliphatic rings. The summed E-state index contributed by atoms with van der Waals surface area (Å²) < 4.78 is 18.7. The molecular formula is C17H15FN2O5. The van der Waals surface area contributed by atoms with Gasteiger partial charge in [-0.3, -0.25) is 14.9 Å². The van der Waals surface area contributed by atoms with Crippen LogP contribution in [0, 0.1) is 15.9 Å². The topological polar surface area (TPSA) is 92.9 Å². The van der Waals surface area contributed by atoms with Crippen molar-refractivity contribution in [3.63, 3.8) is 0 Å². The molecule has 1 amide bonds. The molecule has 0 spiro atoms. The number of nitrogens with zero attached hydrogens (tertiary/aromatic N) is 2. The molecule has 3 rings (SSSR count). The van der Waals surface area contributed by atoms with Crippen molar-refractivity contribution in [2.75, 3.05) is 19.7 Å². The summed E-state index contributed by atoms with van der Waals surface area (Å²) in [6.45, 7) is 0.934. The van der Waals surface area contributed by atoms with E-state index in [1.165, 1.54) is 23.1 Å². The fourth-order valence-corrected chi connectivity index (χ4v) is 2.71. The Labute approximate surface area is 142 Å². The van der Waals surface area contributed by atoms with Gasteiger partial charge in [0.1, 0.15) is 11.9 Å². The molecule has 2 aromatic carbocycles. The smallest absolute Gasteiger partial charge is 0.310 e. The van der Waals surface area contributed by atoms with E-state index >= 15 is 0 Å². The number of aromatic hydroxyl groups is 1. The SMILES string of the molecule is O=C(c1ccc([N+](=O)[O-])c(O)c1)N1CCOC(c2ccc(F)cc2)C1. The Morgan fingerprint density at radius 2 is 2.00 bits per heavy atom. The van der Waals surface area contributed by atoms with Gasteiger partial charge in [-0.15, -0.1) is 0 Å². The number of phenols is 1. The number of hydrogen-bond acceptors (Lipinski definition) is 5. The lowest BCUT2D eigenvalue weighted by atomic mass is 10.1. The Kier molecular flexibility index (Phi) is 4.62. The van der Waals surface area contributed by atoms with Crippen LogP contribution in [0.1, 0.15) is 22.0 Å². The molecule has 25 heavy (non-hydrogen) atoms. The van der Waals surface area contributed by atoms with E-state index in [0.29, 0.717) is 13.2 Å². The summed E-state index contributed by atoms with van der Waals surface area (Å²) >= 11 is 0. The monoisotopic (exact) mass is 346 g/mol. The van der Waals surface area contributed by atoms with Gasteiger partial charge in [-0.1, -0.05) is 12.1 Å². The normalized spacial score (nSPS) is 17.3. The summed E-state index contributed by atoms with van der Waals surface area (Å²) in [4.78, 5) is 24.1. The Morgan fingerprint density at radius 3 is 2.64 bits per heavy atom. The van der Waals surface area contributed by atoms with Crippen LogP contribution < -0.4 is 0 Å². The minimum atomic E-state index is -0.719. The first-order valence-corrected chi connectivity index (χ1v) is 7.59. The molecule has 0 aliphatic carbocycles. The fraction of sp³-hybridized carbons (Fsp3) is 0.235. The maximum atomic E-state index is 13.0. The van der Waals surface area contributed by atoms with Gasteiger partial charge in [0.25, 0.3) is 5.91 Å². The lowest BCUT2D eigenvalue weighted by Crippen LogP contribution is -2.42. The van der Waals surface area contributed by atoms with Crippen LogP contribution in [-0.2, 0) is 4.74 Å². The predicted molar refractivity (Wildman–Crippen MR) is 85.8 cm³/mol. The number of carbonyl (C=O) groups is 1. The van der Waals surface area contributed by atoms with E-state index in [9.17, 15) is 24.4 Å². The van der Waals surface area contributed by atoms with Crippen LogP contribution in [0.5, 0.6) is 5.75 Å². The van der Waals surface area contributed by atoms with Gasteiger partial charge in [0, 0.05) is 18.2 Å². The zero-order valence-electron chi connectivity index (χ0n) is 13.1. The van der Waals surface area contributed by atoms with Crippen LogP contribution in [0.15, 0.2) is 42.5 Å². The largest absolute Gasteiger partial charge is 0.502 e. The van der Waals surface area contributed by atoms with Crippen molar-refractivity contribution in [2.45, 2.75) is 6.10 Å². The van der Waals surface area contributed by atoms with Crippen molar-refractivity contribution >= 4 is 11.6 Å². The molecule has 1 aliphatic heterocycles. The number of phenolic OH excluding ortho intramolecular Hbond substituents is 1. The first-order valence-electron chi connectivity index (χ1n) is 7.59. The first kappa shape index (κ1) is 16.8. The van der Waals surface area contributed by atoms with E-state index in [1.54, 1.807) is 12.1 Å². The first-order chi connectivity index (χ1) is 12.0. The minimum Gasteiger partial charge on any atom is -0.502 e. The second kappa shape index (κ2) is 6.86. The van der Waals surface area contributed by atoms with Crippen molar-refractivity contribution in [3.8, 4) is 5.75 Å². The second-order valence-corrected chi connectivity index (χ2v) is 5.62. The lowest BCUT2D eigenvalue weighted by Gasteiger charge is -2.33. The molecule has 0 aromatic heterocycles. The molecule has 0 radical (unpaired) electrons. The molecule has 1 fully saturated rings. The highest BCUT2D eigenvalue weighted by Gasteiger charge is 2.27. The van der Waals surface area contributed by atoms with Crippen LogP contribution in [0.4, 0.5) is 10.1 Å². The average Bonchev–Trinajstić information content (AvgIpc) is 2.61. The molecule has 0 saturated carbocycles. The number of ether oxygens (including phenoxy) is 1. The van der Waals surface area contributed by atoms with Crippen molar-refractivity contribution in [3.05, 3.63) is 69.5 Å². The van der Waals surface area contributed by atoms with E-state index in [-0.39, 0.29) is 29.9 Å². The summed E-state index contributed by atoms with van der Waals surface area (Å²) in [7, 11) is 0. The Morgan fingerprint density at radius 1 is 1.28 bits per heavy atom. The van der Waals surface area contributed by atoms with Crippen LogP contribution >= 0.6 is 0 Å². The van der Waals surface area contributed by atoms with E-state index in [0.717, 1.165) is 17.7 Å². The molecule has 7 nitrogen and oxygen atoms in total. The average molecular weight is 346 g/mol. The highest BCUT2D eigenvalue weighted by molar-refractivity contribution is 5.95. The van der Waals surface area contributed by atoms with E-state index in [4.69, 9.17) is 4.74 Å². The summed E-state index contributed by atoms with van der Waals surface area (Å²) in [5, 5.41) is 20.4. The van der Waals surface area contributed by atoms with Crippen LogP contribution in [0.2, 0.25) is 0 Å². The van der Waals surface area contributed by atoms with Gasteiger partial charge >= 0.3 is 5.69 Å². The molecule has 2 aromatic rings. The van der Waals surface area contributed by atoms with Crippen LogP contribution in [-0.4, -0.2) is 40.5 Å². The number of halogens is 1. The standard InChI is InChI=1S/C17H15FN2O5/c18-13-4-1-11(2-5-13)16-10-19(7-8-25-16)17(22)12-3-6-14(20(23)24)15(21)9-12/h1-6,9,16,21H,7-8,10H2. The third-order valence-electron chi connectivity index (χ3n) is 4.01. The molecule has 1 atom stereocenters.